The van der Waals surface area contributed by atoms with Gasteiger partial charge < -0.3 is 10.3 Å². The van der Waals surface area contributed by atoms with E-state index >= 15 is 0 Å². The zero-order valence-corrected chi connectivity index (χ0v) is 11.1. The first kappa shape index (κ1) is 12.8. The maximum absolute atomic E-state index is 5.98. The predicted octanol–water partition coefficient (Wildman–Crippen LogP) is 1.14. The lowest BCUT2D eigenvalue weighted by Gasteiger charge is -2.11. The third-order valence-electron chi connectivity index (χ3n) is 3.30. The van der Waals surface area contributed by atoms with E-state index in [0.29, 0.717) is 0 Å². The van der Waals surface area contributed by atoms with Crippen LogP contribution < -0.4 is 5.73 Å². The van der Waals surface area contributed by atoms with Crippen LogP contribution in [0.3, 0.4) is 0 Å². The van der Waals surface area contributed by atoms with Gasteiger partial charge in [-0.15, -0.1) is 0 Å². The van der Waals surface area contributed by atoms with Gasteiger partial charge in [-0.05, 0) is 12.5 Å². The van der Waals surface area contributed by atoms with Crippen LogP contribution in [0.1, 0.15) is 24.9 Å². The molecule has 2 aromatic rings. The fourth-order valence-electron chi connectivity index (χ4n) is 1.99. The number of nitrogens with two attached hydrogens (primary N) is 1. The van der Waals surface area contributed by atoms with Gasteiger partial charge in [-0.3, -0.25) is 4.68 Å². The molecular weight excluding hydrogens is 226 g/mol. The monoisotopic (exact) mass is 247 g/mol. The molecular formula is C13H21N5. The topological polar surface area (TPSA) is 61.7 Å². The van der Waals surface area contributed by atoms with Crippen molar-refractivity contribution in [1.82, 2.24) is 19.3 Å². The van der Waals surface area contributed by atoms with Crippen LogP contribution in [0.15, 0.2) is 24.7 Å². The summed E-state index contributed by atoms with van der Waals surface area (Å²) in [5.41, 5.74) is 7.21. The lowest BCUT2D eigenvalue weighted by Crippen LogP contribution is -2.23. The second kappa shape index (κ2) is 5.82. The van der Waals surface area contributed by atoms with Gasteiger partial charge >= 0.3 is 0 Å². The fourth-order valence-corrected chi connectivity index (χ4v) is 1.99. The number of imidazole rings is 1. The Morgan fingerprint density at radius 2 is 2.22 bits per heavy atom. The Morgan fingerprint density at radius 3 is 2.89 bits per heavy atom. The van der Waals surface area contributed by atoms with Crippen molar-refractivity contribution in [3.63, 3.8) is 0 Å². The Hall–Kier alpha value is -1.62. The molecule has 0 saturated carbocycles. The summed E-state index contributed by atoms with van der Waals surface area (Å²) in [6, 6.07) is 2.25. The summed E-state index contributed by atoms with van der Waals surface area (Å²) in [5, 5.41) is 4.17. The molecule has 5 nitrogen and oxygen atoms in total. The molecule has 0 aliphatic carbocycles. The zero-order valence-electron chi connectivity index (χ0n) is 11.1. The third kappa shape index (κ3) is 2.98. The highest BCUT2D eigenvalue weighted by molar-refractivity contribution is 5.01. The van der Waals surface area contributed by atoms with E-state index in [0.717, 1.165) is 31.6 Å². The molecule has 0 amide bonds. The number of rotatable bonds is 6. The van der Waals surface area contributed by atoms with Crippen LogP contribution in [-0.4, -0.2) is 25.4 Å². The average Bonchev–Trinajstić information content (AvgIpc) is 2.96. The molecule has 2 N–H and O–H groups in total. The maximum atomic E-state index is 5.98. The Kier molecular flexibility index (Phi) is 4.15. The normalized spacial score (nSPS) is 12.8. The second-order valence-corrected chi connectivity index (χ2v) is 4.61. The van der Waals surface area contributed by atoms with Crippen LogP contribution >= 0.6 is 0 Å². The van der Waals surface area contributed by atoms with Gasteiger partial charge in [0.15, 0.2) is 0 Å². The number of aryl methyl sites for hydroxylation is 3. The molecule has 0 aliphatic rings. The van der Waals surface area contributed by atoms with Crippen molar-refractivity contribution >= 4 is 0 Å². The van der Waals surface area contributed by atoms with Crippen molar-refractivity contribution in [1.29, 1.82) is 0 Å². The van der Waals surface area contributed by atoms with Gasteiger partial charge in [-0.1, -0.05) is 6.92 Å². The molecule has 1 unspecified atom stereocenters. The van der Waals surface area contributed by atoms with E-state index in [-0.39, 0.29) is 6.04 Å². The van der Waals surface area contributed by atoms with E-state index in [4.69, 9.17) is 5.73 Å². The van der Waals surface area contributed by atoms with E-state index in [1.165, 1.54) is 5.69 Å². The van der Waals surface area contributed by atoms with Gasteiger partial charge in [-0.25, -0.2) is 4.98 Å². The summed E-state index contributed by atoms with van der Waals surface area (Å²) >= 11 is 0. The van der Waals surface area contributed by atoms with E-state index < -0.39 is 0 Å². The van der Waals surface area contributed by atoms with Crippen LogP contribution in [0.25, 0.3) is 0 Å². The Morgan fingerprint density at radius 1 is 1.39 bits per heavy atom. The lowest BCUT2D eigenvalue weighted by atomic mass is 10.1. The molecule has 2 aromatic heterocycles. The molecule has 2 heterocycles. The van der Waals surface area contributed by atoms with Gasteiger partial charge in [0.05, 0.1) is 0 Å². The standard InChI is InChI=1S/C13H21N5/c1-3-11(14)10-13-15-7-9-18(13)8-5-12-4-6-16-17(12)2/h4,6-7,9,11H,3,5,8,10,14H2,1-2H3. The predicted molar refractivity (Wildman–Crippen MR) is 71.1 cm³/mol. The van der Waals surface area contributed by atoms with E-state index in [1.807, 2.05) is 36.4 Å². The molecule has 0 spiro atoms. The van der Waals surface area contributed by atoms with Crippen LogP contribution in [0.5, 0.6) is 0 Å². The molecule has 2 rings (SSSR count). The van der Waals surface area contributed by atoms with Gasteiger partial charge in [0.2, 0.25) is 0 Å². The second-order valence-electron chi connectivity index (χ2n) is 4.61. The van der Waals surface area contributed by atoms with Gasteiger partial charge in [0.1, 0.15) is 5.82 Å². The van der Waals surface area contributed by atoms with Crippen molar-refractivity contribution in [2.45, 2.75) is 38.8 Å². The zero-order chi connectivity index (χ0) is 13.0. The first-order valence-corrected chi connectivity index (χ1v) is 6.43. The number of aromatic nitrogens is 4. The lowest BCUT2D eigenvalue weighted by molar-refractivity contribution is 0.568. The Bertz CT molecular complexity index is 485. The van der Waals surface area contributed by atoms with E-state index in [2.05, 4.69) is 21.6 Å². The van der Waals surface area contributed by atoms with Gasteiger partial charge in [0, 0.05) is 56.8 Å². The molecule has 0 aromatic carbocycles. The molecule has 0 fully saturated rings. The number of hydrogen-bond donors (Lipinski definition) is 1. The largest absolute Gasteiger partial charge is 0.335 e. The van der Waals surface area contributed by atoms with Crippen LogP contribution in [0, 0.1) is 0 Å². The third-order valence-corrected chi connectivity index (χ3v) is 3.30. The van der Waals surface area contributed by atoms with Crippen LogP contribution in [0.4, 0.5) is 0 Å². The summed E-state index contributed by atoms with van der Waals surface area (Å²) in [6.07, 6.45) is 8.48. The summed E-state index contributed by atoms with van der Waals surface area (Å²) in [5.74, 6) is 1.08. The molecule has 0 bridgehead atoms. The number of nitrogens with zero attached hydrogens (tertiary/aromatic N) is 4. The first-order chi connectivity index (χ1) is 8.70. The van der Waals surface area contributed by atoms with Crippen molar-refractivity contribution in [3.05, 3.63) is 36.2 Å². The number of hydrogen-bond acceptors (Lipinski definition) is 3. The van der Waals surface area contributed by atoms with Gasteiger partial charge in [-0.2, -0.15) is 5.10 Å². The minimum Gasteiger partial charge on any atom is -0.335 e. The van der Waals surface area contributed by atoms with Crippen LogP contribution in [-0.2, 0) is 26.4 Å². The maximum Gasteiger partial charge on any atom is 0.110 e. The average molecular weight is 247 g/mol. The molecule has 18 heavy (non-hydrogen) atoms. The highest BCUT2D eigenvalue weighted by Crippen LogP contribution is 2.06. The minimum absolute atomic E-state index is 0.197. The Balaban J connectivity index is 1.97. The molecule has 0 aliphatic heterocycles. The summed E-state index contributed by atoms with van der Waals surface area (Å²) < 4.78 is 4.09. The van der Waals surface area contributed by atoms with Crippen molar-refractivity contribution in [3.8, 4) is 0 Å². The van der Waals surface area contributed by atoms with E-state index in [1.54, 1.807) is 0 Å². The quantitative estimate of drug-likeness (QED) is 0.832. The van der Waals surface area contributed by atoms with Crippen LogP contribution in [0.2, 0.25) is 0 Å². The Labute approximate surface area is 108 Å². The van der Waals surface area contributed by atoms with Gasteiger partial charge in [0.25, 0.3) is 0 Å². The fraction of sp³-hybridized carbons (Fsp3) is 0.538. The highest BCUT2D eigenvalue weighted by atomic mass is 15.3. The molecule has 0 radical (unpaired) electrons. The highest BCUT2D eigenvalue weighted by Gasteiger charge is 2.08. The molecule has 98 valence electrons. The van der Waals surface area contributed by atoms with Crippen molar-refractivity contribution < 1.29 is 0 Å². The van der Waals surface area contributed by atoms with E-state index in [9.17, 15) is 0 Å². The molecule has 1 atom stereocenters. The first-order valence-electron chi connectivity index (χ1n) is 6.43. The molecule has 0 saturated heterocycles. The summed E-state index contributed by atoms with van der Waals surface area (Å²) in [6.45, 7) is 3.03. The van der Waals surface area contributed by atoms with Crippen molar-refractivity contribution in [2.24, 2.45) is 12.8 Å². The SMILES string of the molecule is CCC(N)Cc1nccn1CCc1ccnn1C. The minimum atomic E-state index is 0.197. The summed E-state index contributed by atoms with van der Waals surface area (Å²) in [7, 11) is 1.97. The van der Waals surface area contributed by atoms with Crippen molar-refractivity contribution in [2.75, 3.05) is 0 Å². The molecule has 5 heteroatoms. The summed E-state index contributed by atoms with van der Waals surface area (Å²) in [4.78, 5) is 4.39. The smallest absolute Gasteiger partial charge is 0.110 e.